The largest absolute Gasteiger partial charge is 0.309 e. The molecule has 0 aliphatic carbocycles. The van der Waals surface area contributed by atoms with Crippen molar-refractivity contribution in [2.75, 3.05) is 11.4 Å². The highest BCUT2D eigenvalue weighted by atomic mass is 35.5. The fourth-order valence-electron chi connectivity index (χ4n) is 1.98. The number of amides is 1. The van der Waals surface area contributed by atoms with E-state index in [-0.39, 0.29) is 5.91 Å². The number of carbonyl (C=O) groups is 1. The molecule has 2 aromatic heterocycles. The van der Waals surface area contributed by atoms with Crippen molar-refractivity contribution in [1.82, 2.24) is 9.97 Å². The summed E-state index contributed by atoms with van der Waals surface area (Å²) in [6.45, 7) is 4.49. The number of pyridine rings is 2. The van der Waals surface area contributed by atoms with Crippen LogP contribution in [0.4, 0.5) is 5.69 Å². The molecule has 0 unspecified atom stereocenters. The van der Waals surface area contributed by atoms with Gasteiger partial charge in [0.1, 0.15) is 5.15 Å². The van der Waals surface area contributed by atoms with Crippen molar-refractivity contribution in [2.45, 2.75) is 20.3 Å². The van der Waals surface area contributed by atoms with Crippen LogP contribution in [0.15, 0.2) is 36.7 Å². The number of aromatic nitrogens is 2. The number of carbonyl (C=O) groups excluding carboxylic acids is 1. The van der Waals surface area contributed by atoms with Crippen molar-refractivity contribution in [2.24, 2.45) is 0 Å². The number of nitrogens with zero attached hydrogens (tertiary/aromatic N) is 3. The predicted molar refractivity (Wildman–Crippen MR) is 80.2 cm³/mol. The van der Waals surface area contributed by atoms with Crippen LogP contribution >= 0.6 is 11.6 Å². The average Bonchev–Trinajstić information content (AvgIpc) is 2.48. The molecule has 1 amide bonds. The number of anilines is 1. The van der Waals surface area contributed by atoms with Crippen LogP contribution in [0.25, 0.3) is 0 Å². The topological polar surface area (TPSA) is 46.1 Å². The number of hydrogen-bond acceptors (Lipinski definition) is 3. The van der Waals surface area contributed by atoms with Gasteiger partial charge < -0.3 is 4.90 Å². The summed E-state index contributed by atoms with van der Waals surface area (Å²) in [5.41, 5.74) is 2.19. The third kappa shape index (κ3) is 3.14. The van der Waals surface area contributed by atoms with Crippen molar-refractivity contribution >= 4 is 23.2 Å². The summed E-state index contributed by atoms with van der Waals surface area (Å²) < 4.78 is 0. The molecule has 4 nitrogen and oxygen atoms in total. The van der Waals surface area contributed by atoms with E-state index in [0.717, 1.165) is 17.8 Å². The highest BCUT2D eigenvalue weighted by Gasteiger charge is 2.17. The van der Waals surface area contributed by atoms with Gasteiger partial charge in [-0.15, -0.1) is 0 Å². The van der Waals surface area contributed by atoms with Gasteiger partial charge in [0.05, 0.1) is 0 Å². The molecule has 0 fully saturated rings. The van der Waals surface area contributed by atoms with Gasteiger partial charge in [-0.3, -0.25) is 9.78 Å². The van der Waals surface area contributed by atoms with Gasteiger partial charge in [0.15, 0.2) is 0 Å². The van der Waals surface area contributed by atoms with Crippen LogP contribution in [0.3, 0.4) is 0 Å². The summed E-state index contributed by atoms with van der Waals surface area (Å²) in [5, 5.41) is 0.346. The van der Waals surface area contributed by atoms with Gasteiger partial charge >= 0.3 is 0 Å². The molecule has 0 aliphatic heterocycles. The molecular weight excluding hydrogens is 274 g/mol. The molecule has 104 valence electrons. The van der Waals surface area contributed by atoms with Crippen LogP contribution in [0.5, 0.6) is 0 Å². The van der Waals surface area contributed by atoms with Crippen molar-refractivity contribution in [3.05, 3.63) is 53.1 Å². The number of hydrogen-bond donors (Lipinski definition) is 0. The van der Waals surface area contributed by atoms with Gasteiger partial charge in [0, 0.05) is 35.9 Å². The van der Waals surface area contributed by atoms with E-state index in [1.165, 1.54) is 0 Å². The molecule has 5 heteroatoms. The molecule has 0 bridgehead atoms. The van der Waals surface area contributed by atoms with Gasteiger partial charge in [-0.2, -0.15) is 0 Å². The first-order valence-corrected chi connectivity index (χ1v) is 6.91. The molecule has 0 saturated heterocycles. The summed E-state index contributed by atoms with van der Waals surface area (Å²) in [5.74, 6) is -0.0855. The van der Waals surface area contributed by atoms with Crippen LogP contribution in [0.1, 0.15) is 29.9 Å². The van der Waals surface area contributed by atoms with Gasteiger partial charge in [0.2, 0.25) is 0 Å². The summed E-state index contributed by atoms with van der Waals surface area (Å²) in [4.78, 5) is 22.4. The van der Waals surface area contributed by atoms with Gasteiger partial charge in [-0.1, -0.05) is 18.5 Å². The van der Waals surface area contributed by atoms with E-state index in [1.807, 2.05) is 26.0 Å². The van der Waals surface area contributed by atoms with E-state index >= 15 is 0 Å². The smallest absolute Gasteiger partial charge is 0.258 e. The van der Waals surface area contributed by atoms with Crippen LogP contribution in [-0.2, 0) is 6.42 Å². The van der Waals surface area contributed by atoms with Gasteiger partial charge in [-0.25, -0.2) is 4.98 Å². The standard InChI is InChI=1S/C15H16ClN3O/c1-3-12-9-11(10-14(16)18-12)15(20)19(4-2)13-5-7-17-8-6-13/h5-10H,3-4H2,1-2H3. The lowest BCUT2D eigenvalue weighted by atomic mass is 10.1. The maximum Gasteiger partial charge on any atom is 0.258 e. The van der Waals surface area contributed by atoms with Crippen molar-refractivity contribution in [3.63, 3.8) is 0 Å². The van der Waals surface area contributed by atoms with Crippen LogP contribution < -0.4 is 4.90 Å². The zero-order valence-corrected chi connectivity index (χ0v) is 12.3. The molecule has 0 aromatic carbocycles. The molecule has 2 rings (SSSR count). The zero-order chi connectivity index (χ0) is 14.5. The molecule has 2 aromatic rings. The predicted octanol–water partition coefficient (Wildman–Crippen LogP) is 3.36. The Balaban J connectivity index is 2.36. The van der Waals surface area contributed by atoms with E-state index in [4.69, 9.17) is 11.6 Å². The van der Waals surface area contributed by atoms with E-state index in [1.54, 1.807) is 29.4 Å². The Bertz CT molecular complexity index is 601. The molecule has 0 spiro atoms. The molecule has 0 saturated carbocycles. The second-order valence-electron chi connectivity index (χ2n) is 4.28. The van der Waals surface area contributed by atoms with E-state index in [0.29, 0.717) is 17.3 Å². The van der Waals surface area contributed by atoms with E-state index in [2.05, 4.69) is 9.97 Å². The third-order valence-corrected chi connectivity index (χ3v) is 3.19. The average molecular weight is 290 g/mol. The second kappa shape index (κ2) is 6.48. The molecule has 0 N–H and O–H groups in total. The fraction of sp³-hybridized carbons (Fsp3) is 0.267. The number of aryl methyl sites for hydroxylation is 1. The fourth-order valence-corrected chi connectivity index (χ4v) is 2.21. The maximum atomic E-state index is 12.6. The quantitative estimate of drug-likeness (QED) is 0.811. The molecule has 0 atom stereocenters. The molecule has 20 heavy (non-hydrogen) atoms. The van der Waals surface area contributed by atoms with Crippen LogP contribution in [0, 0.1) is 0 Å². The Morgan fingerprint density at radius 3 is 2.55 bits per heavy atom. The minimum absolute atomic E-state index is 0.0855. The maximum absolute atomic E-state index is 12.6. The Morgan fingerprint density at radius 2 is 1.95 bits per heavy atom. The lowest BCUT2D eigenvalue weighted by Gasteiger charge is -2.21. The Morgan fingerprint density at radius 1 is 1.25 bits per heavy atom. The lowest BCUT2D eigenvalue weighted by molar-refractivity contribution is 0.0988. The summed E-state index contributed by atoms with van der Waals surface area (Å²) in [6.07, 6.45) is 4.08. The Labute approximate surface area is 123 Å². The third-order valence-electron chi connectivity index (χ3n) is 2.99. The minimum Gasteiger partial charge on any atom is -0.309 e. The van der Waals surface area contributed by atoms with Crippen molar-refractivity contribution in [3.8, 4) is 0 Å². The summed E-state index contributed by atoms with van der Waals surface area (Å²) in [7, 11) is 0. The summed E-state index contributed by atoms with van der Waals surface area (Å²) in [6, 6.07) is 7.01. The molecule has 2 heterocycles. The highest BCUT2D eigenvalue weighted by molar-refractivity contribution is 6.29. The monoisotopic (exact) mass is 289 g/mol. The van der Waals surface area contributed by atoms with Crippen molar-refractivity contribution < 1.29 is 4.79 Å². The molecule has 0 aliphatic rings. The number of rotatable bonds is 4. The normalized spacial score (nSPS) is 10.3. The lowest BCUT2D eigenvalue weighted by Crippen LogP contribution is -2.30. The second-order valence-corrected chi connectivity index (χ2v) is 4.67. The Kier molecular flexibility index (Phi) is 4.69. The highest BCUT2D eigenvalue weighted by Crippen LogP contribution is 2.18. The first-order chi connectivity index (χ1) is 9.65. The Hall–Kier alpha value is -1.94. The zero-order valence-electron chi connectivity index (χ0n) is 11.5. The van der Waals surface area contributed by atoms with Crippen LogP contribution in [0.2, 0.25) is 5.15 Å². The van der Waals surface area contributed by atoms with Crippen LogP contribution in [-0.4, -0.2) is 22.4 Å². The number of halogens is 1. The van der Waals surface area contributed by atoms with E-state index in [9.17, 15) is 4.79 Å². The first kappa shape index (κ1) is 14.5. The van der Waals surface area contributed by atoms with Gasteiger partial charge in [0.25, 0.3) is 5.91 Å². The molecule has 0 radical (unpaired) electrons. The van der Waals surface area contributed by atoms with E-state index < -0.39 is 0 Å². The molecular formula is C15H16ClN3O. The van der Waals surface area contributed by atoms with Crippen molar-refractivity contribution in [1.29, 1.82) is 0 Å². The SMILES string of the molecule is CCc1cc(C(=O)N(CC)c2ccncc2)cc(Cl)n1. The van der Waals surface area contributed by atoms with Gasteiger partial charge in [-0.05, 0) is 37.6 Å². The summed E-state index contributed by atoms with van der Waals surface area (Å²) >= 11 is 5.97. The minimum atomic E-state index is -0.0855. The first-order valence-electron chi connectivity index (χ1n) is 6.54.